The number of aromatic amines is 1. The first kappa shape index (κ1) is 21.4. The van der Waals surface area contributed by atoms with Crippen molar-refractivity contribution in [2.75, 3.05) is 10.6 Å². The van der Waals surface area contributed by atoms with Gasteiger partial charge in [0.25, 0.3) is 5.91 Å². The molecule has 0 aliphatic heterocycles. The zero-order chi connectivity index (χ0) is 22.8. The lowest BCUT2D eigenvalue weighted by Crippen LogP contribution is -2.18. The van der Waals surface area contributed by atoms with Crippen LogP contribution in [0.15, 0.2) is 47.0 Å². The summed E-state index contributed by atoms with van der Waals surface area (Å²) in [6.07, 6.45) is 0.675. The van der Waals surface area contributed by atoms with E-state index in [0.29, 0.717) is 44.7 Å². The van der Waals surface area contributed by atoms with Crippen molar-refractivity contribution in [1.82, 2.24) is 15.0 Å². The number of nitrogens with zero attached hydrogens (tertiary/aromatic N) is 2. The molecule has 2 amide bonds. The van der Waals surface area contributed by atoms with E-state index in [1.807, 2.05) is 0 Å². The highest BCUT2D eigenvalue weighted by Gasteiger charge is 2.15. The molecule has 4 aromatic rings. The Hall–Kier alpha value is -3.85. The van der Waals surface area contributed by atoms with Crippen LogP contribution in [0.5, 0.6) is 0 Å². The first-order valence-corrected chi connectivity index (χ1v) is 10.2. The summed E-state index contributed by atoms with van der Waals surface area (Å²) in [7, 11) is 0. The second-order valence-electron chi connectivity index (χ2n) is 7.32. The van der Waals surface area contributed by atoms with Crippen molar-refractivity contribution >= 4 is 46.1 Å². The number of fused-ring (bicyclic) bond motifs is 1. The second kappa shape index (κ2) is 8.72. The van der Waals surface area contributed by atoms with Gasteiger partial charge in [0, 0.05) is 11.3 Å². The van der Waals surface area contributed by atoms with Crippen LogP contribution in [0.2, 0.25) is 5.02 Å². The summed E-state index contributed by atoms with van der Waals surface area (Å²) in [6, 6.07) is 10.1. The molecule has 0 saturated heterocycles. The van der Waals surface area contributed by atoms with E-state index in [0.717, 1.165) is 0 Å². The van der Waals surface area contributed by atoms with Gasteiger partial charge in [0.2, 0.25) is 0 Å². The lowest BCUT2D eigenvalue weighted by atomic mass is 10.2. The van der Waals surface area contributed by atoms with Gasteiger partial charge < -0.3 is 19.5 Å². The van der Waals surface area contributed by atoms with Gasteiger partial charge in [-0.3, -0.25) is 10.1 Å². The number of halogens is 1. The number of hydrogen-bond donors (Lipinski definition) is 3. The Morgan fingerprint density at radius 1 is 1.12 bits per heavy atom. The quantitative estimate of drug-likeness (QED) is 0.372. The summed E-state index contributed by atoms with van der Waals surface area (Å²) in [5, 5.41) is 5.84. The van der Waals surface area contributed by atoms with Crippen LogP contribution >= 0.6 is 11.6 Å². The maximum atomic E-state index is 12.4. The molecule has 3 aromatic heterocycles. The molecule has 4 rings (SSSR count). The van der Waals surface area contributed by atoms with Crippen molar-refractivity contribution in [2.45, 2.75) is 26.9 Å². The normalized spacial score (nSPS) is 11.0. The topological polar surface area (TPSA) is 122 Å². The zero-order valence-electron chi connectivity index (χ0n) is 17.5. The number of benzene rings is 1. The maximum Gasteiger partial charge on any atom is 0.411 e. The van der Waals surface area contributed by atoms with Gasteiger partial charge in [-0.05, 0) is 57.2 Å². The molecule has 0 spiro atoms. The third-order valence-corrected chi connectivity index (χ3v) is 4.70. The summed E-state index contributed by atoms with van der Waals surface area (Å²) in [5.41, 5.74) is 2.60. The number of aryl methyl sites for hydroxylation is 1. The fraction of sp³-hybridized carbons (Fsp3) is 0.182. The highest BCUT2D eigenvalue weighted by Crippen LogP contribution is 2.30. The van der Waals surface area contributed by atoms with E-state index in [2.05, 4.69) is 25.6 Å². The Bertz CT molecular complexity index is 1310. The van der Waals surface area contributed by atoms with Gasteiger partial charge in [0.05, 0.1) is 28.5 Å². The SMILES string of the molecule is Cc1ccc(C(=O)Nc2ccc(Cl)c(-c3nc4ncc(NC(=O)OC(C)C)cc4[nH]3)c2)o1. The fourth-order valence-electron chi connectivity index (χ4n) is 2.99. The van der Waals surface area contributed by atoms with Crippen LogP contribution in [0.25, 0.3) is 22.6 Å². The van der Waals surface area contributed by atoms with Crippen molar-refractivity contribution in [1.29, 1.82) is 0 Å². The lowest BCUT2D eigenvalue weighted by Gasteiger charge is -2.08. The summed E-state index contributed by atoms with van der Waals surface area (Å²) in [4.78, 5) is 36.1. The Morgan fingerprint density at radius 2 is 1.94 bits per heavy atom. The molecule has 0 aliphatic carbocycles. The molecule has 0 bridgehead atoms. The van der Waals surface area contributed by atoms with E-state index < -0.39 is 6.09 Å². The molecule has 0 saturated carbocycles. The van der Waals surface area contributed by atoms with Crippen molar-refractivity contribution in [3.8, 4) is 11.4 Å². The predicted octanol–water partition coefficient (Wildman–Crippen LogP) is 5.39. The molecule has 9 nitrogen and oxygen atoms in total. The first-order chi connectivity index (χ1) is 15.3. The third kappa shape index (κ3) is 4.73. The number of nitrogens with one attached hydrogen (secondary N) is 3. The molecule has 10 heteroatoms. The van der Waals surface area contributed by atoms with Crippen LogP contribution in [-0.2, 0) is 4.74 Å². The highest BCUT2D eigenvalue weighted by molar-refractivity contribution is 6.33. The molecule has 0 aliphatic rings. The number of H-pyrrole nitrogens is 1. The first-order valence-electron chi connectivity index (χ1n) is 9.79. The number of aromatic nitrogens is 3. The van der Waals surface area contributed by atoms with E-state index in [9.17, 15) is 9.59 Å². The van der Waals surface area contributed by atoms with Crippen LogP contribution in [0.4, 0.5) is 16.2 Å². The average Bonchev–Trinajstić information content (AvgIpc) is 3.34. The molecule has 164 valence electrons. The largest absolute Gasteiger partial charge is 0.456 e. The average molecular weight is 454 g/mol. The number of hydrogen-bond acceptors (Lipinski definition) is 6. The molecular formula is C22H20ClN5O4. The molecule has 1 aromatic carbocycles. The fourth-order valence-corrected chi connectivity index (χ4v) is 3.20. The molecule has 3 N–H and O–H groups in total. The monoisotopic (exact) mass is 453 g/mol. The Balaban J connectivity index is 1.58. The molecular weight excluding hydrogens is 434 g/mol. The Morgan fingerprint density at radius 3 is 2.66 bits per heavy atom. The Kier molecular flexibility index (Phi) is 5.83. The highest BCUT2D eigenvalue weighted by atomic mass is 35.5. The predicted molar refractivity (Wildman–Crippen MR) is 121 cm³/mol. The molecule has 3 heterocycles. The second-order valence-corrected chi connectivity index (χ2v) is 7.73. The van der Waals surface area contributed by atoms with Gasteiger partial charge in [-0.25, -0.2) is 14.8 Å². The summed E-state index contributed by atoms with van der Waals surface area (Å²) in [6.45, 7) is 5.29. The third-order valence-electron chi connectivity index (χ3n) is 4.37. The number of ether oxygens (including phenoxy) is 1. The molecule has 0 unspecified atom stereocenters. The number of anilines is 2. The summed E-state index contributed by atoms with van der Waals surface area (Å²) < 4.78 is 10.4. The zero-order valence-corrected chi connectivity index (χ0v) is 18.3. The minimum Gasteiger partial charge on any atom is -0.456 e. The number of carbonyl (C=O) groups is 2. The Labute approximate surface area is 188 Å². The number of imidazole rings is 1. The van der Waals surface area contributed by atoms with Crippen LogP contribution in [-0.4, -0.2) is 33.1 Å². The summed E-state index contributed by atoms with van der Waals surface area (Å²) >= 11 is 6.38. The number of rotatable bonds is 5. The number of pyridine rings is 1. The van der Waals surface area contributed by atoms with E-state index in [-0.39, 0.29) is 17.8 Å². The van der Waals surface area contributed by atoms with Gasteiger partial charge in [-0.1, -0.05) is 11.6 Å². The minimum absolute atomic E-state index is 0.211. The van der Waals surface area contributed by atoms with Crippen molar-refractivity contribution in [3.05, 3.63) is 59.1 Å². The van der Waals surface area contributed by atoms with Crippen molar-refractivity contribution in [2.24, 2.45) is 0 Å². The van der Waals surface area contributed by atoms with Gasteiger partial charge in [-0.15, -0.1) is 0 Å². The van der Waals surface area contributed by atoms with Crippen LogP contribution in [0, 0.1) is 6.92 Å². The van der Waals surface area contributed by atoms with Gasteiger partial charge >= 0.3 is 6.09 Å². The molecule has 32 heavy (non-hydrogen) atoms. The smallest absolute Gasteiger partial charge is 0.411 e. The van der Waals surface area contributed by atoms with Gasteiger partial charge in [0.1, 0.15) is 11.6 Å². The number of amides is 2. The standard InChI is InChI=1S/C22H20ClN5O4/c1-11(2)31-22(30)26-14-9-17-20(24-10-14)28-19(27-17)15-8-13(5-6-16(15)23)25-21(29)18-7-4-12(3)32-18/h4-11H,1-3H3,(H,25,29)(H,26,30)(H,24,27,28). The minimum atomic E-state index is -0.570. The molecule has 0 radical (unpaired) electrons. The van der Waals surface area contributed by atoms with E-state index in [1.165, 1.54) is 6.20 Å². The molecule has 0 atom stereocenters. The van der Waals surface area contributed by atoms with E-state index in [4.69, 9.17) is 20.8 Å². The van der Waals surface area contributed by atoms with Crippen LogP contribution in [0.3, 0.4) is 0 Å². The van der Waals surface area contributed by atoms with E-state index >= 15 is 0 Å². The number of furan rings is 1. The van der Waals surface area contributed by atoms with Crippen LogP contribution in [0.1, 0.15) is 30.2 Å². The molecule has 0 fully saturated rings. The van der Waals surface area contributed by atoms with Crippen LogP contribution < -0.4 is 10.6 Å². The van der Waals surface area contributed by atoms with E-state index in [1.54, 1.807) is 57.2 Å². The number of carbonyl (C=O) groups excluding carboxylic acids is 2. The van der Waals surface area contributed by atoms with Crippen molar-refractivity contribution in [3.63, 3.8) is 0 Å². The van der Waals surface area contributed by atoms with Crippen molar-refractivity contribution < 1.29 is 18.7 Å². The lowest BCUT2D eigenvalue weighted by molar-refractivity contribution is 0.0995. The van der Waals surface area contributed by atoms with Gasteiger partial charge in [-0.2, -0.15) is 0 Å². The maximum absolute atomic E-state index is 12.4. The summed E-state index contributed by atoms with van der Waals surface area (Å²) in [5.74, 6) is 0.946. The van der Waals surface area contributed by atoms with Gasteiger partial charge in [0.15, 0.2) is 11.4 Å².